The van der Waals surface area contributed by atoms with Gasteiger partial charge in [0, 0.05) is 18.8 Å². The van der Waals surface area contributed by atoms with E-state index >= 15 is 0 Å². The van der Waals surface area contributed by atoms with Crippen LogP contribution in [0.15, 0.2) is 47.4 Å². The SMILES string of the molecule is COC(=O)c1cn(C2(C(F)F)CCN(C(=O)OCc3ccccc3)C2)c(=O)cc1O. The molecule has 1 N–H and O–H groups in total. The van der Waals surface area contributed by atoms with E-state index in [1.54, 1.807) is 30.3 Å². The number of ether oxygens (including phenoxy) is 2. The molecule has 2 aromatic rings. The maximum absolute atomic E-state index is 14.1. The van der Waals surface area contributed by atoms with Crippen LogP contribution in [0.5, 0.6) is 5.75 Å². The number of nitrogens with zero attached hydrogens (tertiary/aromatic N) is 2. The highest BCUT2D eigenvalue weighted by atomic mass is 19.3. The summed E-state index contributed by atoms with van der Waals surface area (Å²) in [5.74, 6) is -1.66. The second kappa shape index (κ2) is 8.52. The van der Waals surface area contributed by atoms with Gasteiger partial charge in [-0.05, 0) is 12.0 Å². The first-order chi connectivity index (χ1) is 14.3. The van der Waals surface area contributed by atoms with Crippen LogP contribution in [0.4, 0.5) is 13.6 Å². The Labute approximate surface area is 170 Å². The molecule has 2 heterocycles. The molecule has 1 saturated heterocycles. The molecule has 8 nitrogen and oxygen atoms in total. The number of aromatic nitrogens is 1. The Hall–Kier alpha value is -3.43. The molecule has 1 fully saturated rings. The van der Waals surface area contributed by atoms with Gasteiger partial charge in [-0.15, -0.1) is 0 Å². The van der Waals surface area contributed by atoms with Gasteiger partial charge in [-0.1, -0.05) is 30.3 Å². The van der Waals surface area contributed by atoms with Crippen LogP contribution < -0.4 is 5.56 Å². The van der Waals surface area contributed by atoms with Crippen molar-refractivity contribution in [1.82, 2.24) is 9.47 Å². The number of carbonyl (C=O) groups is 2. The van der Waals surface area contributed by atoms with Crippen LogP contribution in [0.2, 0.25) is 0 Å². The minimum absolute atomic E-state index is 0.0243. The van der Waals surface area contributed by atoms with Crippen LogP contribution in [0.1, 0.15) is 22.3 Å². The van der Waals surface area contributed by atoms with Gasteiger partial charge in [0.05, 0.1) is 13.7 Å². The summed E-state index contributed by atoms with van der Waals surface area (Å²) in [6, 6.07) is 9.54. The zero-order valence-corrected chi connectivity index (χ0v) is 16.1. The molecule has 10 heteroatoms. The predicted octanol–water partition coefficient (Wildman–Crippen LogP) is 2.34. The van der Waals surface area contributed by atoms with Crippen molar-refractivity contribution in [2.75, 3.05) is 20.2 Å². The lowest BCUT2D eigenvalue weighted by Crippen LogP contribution is -2.49. The fourth-order valence-electron chi connectivity index (χ4n) is 3.40. The third-order valence-electron chi connectivity index (χ3n) is 5.07. The molecular formula is C20H20F2N2O6. The summed E-state index contributed by atoms with van der Waals surface area (Å²) in [5.41, 5.74) is -2.69. The van der Waals surface area contributed by atoms with Gasteiger partial charge in [0.1, 0.15) is 23.5 Å². The number of alkyl halides is 2. The number of benzene rings is 1. The number of methoxy groups -OCH3 is 1. The number of carbonyl (C=O) groups excluding carboxylic acids is 2. The van der Waals surface area contributed by atoms with Gasteiger partial charge in [0.25, 0.3) is 12.0 Å². The van der Waals surface area contributed by atoms with E-state index in [0.29, 0.717) is 10.6 Å². The fraction of sp³-hybridized carbons (Fsp3) is 0.350. The summed E-state index contributed by atoms with van der Waals surface area (Å²) in [6.45, 7) is -0.591. The van der Waals surface area contributed by atoms with E-state index in [1.807, 2.05) is 0 Å². The molecule has 1 aliphatic rings. The molecule has 30 heavy (non-hydrogen) atoms. The Morgan fingerprint density at radius 2 is 1.97 bits per heavy atom. The molecule has 1 aromatic carbocycles. The molecular weight excluding hydrogens is 402 g/mol. The number of amides is 1. The minimum atomic E-state index is -3.03. The number of pyridine rings is 1. The summed E-state index contributed by atoms with van der Waals surface area (Å²) < 4.78 is 38.7. The smallest absolute Gasteiger partial charge is 0.410 e. The molecule has 0 saturated carbocycles. The molecule has 1 aliphatic heterocycles. The molecule has 0 radical (unpaired) electrons. The molecule has 3 rings (SSSR count). The van der Waals surface area contributed by atoms with Gasteiger partial charge in [-0.3, -0.25) is 4.79 Å². The number of halogens is 2. The van der Waals surface area contributed by atoms with Crippen LogP contribution >= 0.6 is 0 Å². The van der Waals surface area contributed by atoms with E-state index in [-0.39, 0.29) is 19.6 Å². The quantitative estimate of drug-likeness (QED) is 0.743. The van der Waals surface area contributed by atoms with Crippen molar-refractivity contribution in [3.8, 4) is 5.75 Å². The number of esters is 1. The van der Waals surface area contributed by atoms with E-state index in [1.165, 1.54) is 0 Å². The lowest BCUT2D eigenvalue weighted by atomic mass is 9.98. The Morgan fingerprint density at radius 1 is 1.27 bits per heavy atom. The Balaban J connectivity index is 1.85. The summed E-state index contributed by atoms with van der Waals surface area (Å²) in [7, 11) is 1.06. The van der Waals surface area contributed by atoms with Crippen molar-refractivity contribution < 1.29 is 33.0 Å². The number of likely N-dealkylation sites (tertiary alicyclic amines) is 1. The first-order valence-electron chi connectivity index (χ1n) is 9.07. The first kappa shape index (κ1) is 21.3. The van der Waals surface area contributed by atoms with Crippen molar-refractivity contribution in [1.29, 1.82) is 0 Å². The topological polar surface area (TPSA) is 98.1 Å². The van der Waals surface area contributed by atoms with E-state index < -0.39 is 47.4 Å². The zero-order valence-electron chi connectivity index (χ0n) is 16.1. The van der Waals surface area contributed by atoms with E-state index in [9.17, 15) is 28.3 Å². The lowest BCUT2D eigenvalue weighted by molar-refractivity contribution is 0.00622. The highest BCUT2D eigenvalue weighted by molar-refractivity contribution is 5.91. The predicted molar refractivity (Wildman–Crippen MR) is 101 cm³/mol. The van der Waals surface area contributed by atoms with Crippen LogP contribution in [0, 0.1) is 0 Å². The monoisotopic (exact) mass is 422 g/mol. The molecule has 1 amide bonds. The van der Waals surface area contributed by atoms with Crippen molar-refractivity contribution in [3.05, 3.63) is 64.1 Å². The standard InChI is InChI=1S/C20H20F2N2O6/c1-29-17(27)14-10-24(16(26)9-15(14)25)20(18(21)22)7-8-23(12-20)19(28)30-11-13-5-3-2-4-6-13/h2-6,9-10,18,25H,7-8,11-12H2,1H3. The molecule has 1 unspecified atom stereocenters. The normalized spacial score (nSPS) is 18.5. The third-order valence-corrected chi connectivity index (χ3v) is 5.07. The summed E-state index contributed by atoms with van der Waals surface area (Å²) in [4.78, 5) is 37.6. The maximum atomic E-state index is 14.1. The van der Waals surface area contributed by atoms with Crippen LogP contribution in [-0.4, -0.2) is 53.3 Å². The fourth-order valence-corrected chi connectivity index (χ4v) is 3.40. The first-order valence-corrected chi connectivity index (χ1v) is 9.07. The number of aromatic hydroxyl groups is 1. The average Bonchev–Trinajstić information content (AvgIpc) is 3.19. The summed E-state index contributed by atoms with van der Waals surface area (Å²) in [6.07, 6.45) is -3.22. The van der Waals surface area contributed by atoms with Gasteiger partial charge in [-0.25, -0.2) is 18.4 Å². The molecule has 0 aliphatic carbocycles. The number of rotatable bonds is 5. The van der Waals surface area contributed by atoms with Gasteiger partial charge < -0.3 is 24.0 Å². The highest BCUT2D eigenvalue weighted by Gasteiger charge is 2.50. The lowest BCUT2D eigenvalue weighted by Gasteiger charge is -2.31. The van der Waals surface area contributed by atoms with Gasteiger partial charge in [0.15, 0.2) is 0 Å². The molecule has 0 bridgehead atoms. The van der Waals surface area contributed by atoms with Gasteiger partial charge >= 0.3 is 12.1 Å². The van der Waals surface area contributed by atoms with Crippen molar-refractivity contribution in [2.45, 2.75) is 25.0 Å². The van der Waals surface area contributed by atoms with E-state index in [0.717, 1.165) is 23.8 Å². The molecule has 1 aromatic heterocycles. The second-order valence-corrected chi connectivity index (χ2v) is 6.89. The van der Waals surface area contributed by atoms with E-state index in [2.05, 4.69) is 4.74 Å². The summed E-state index contributed by atoms with van der Waals surface area (Å²) >= 11 is 0. The number of hydrogen-bond donors (Lipinski definition) is 1. The van der Waals surface area contributed by atoms with Crippen LogP contribution in [0.25, 0.3) is 0 Å². The van der Waals surface area contributed by atoms with Crippen LogP contribution in [-0.2, 0) is 21.6 Å². The van der Waals surface area contributed by atoms with Crippen molar-refractivity contribution in [2.24, 2.45) is 0 Å². The van der Waals surface area contributed by atoms with Crippen molar-refractivity contribution in [3.63, 3.8) is 0 Å². The molecule has 160 valence electrons. The highest BCUT2D eigenvalue weighted by Crippen LogP contribution is 2.35. The Morgan fingerprint density at radius 3 is 2.60 bits per heavy atom. The Kier molecular flexibility index (Phi) is 6.04. The zero-order chi connectivity index (χ0) is 21.9. The number of hydrogen-bond acceptors (Lipinski definition) is 6. The second-order valence-electron chi connectivity index (χ2n) is 6.89. The Bertz CT molecular complexity index is 995. The minimum Gasteiger partial charge on any atom is -0.507 e. The average molecular weight is 422 g/mol. The van der Waals surface area contributed by atoms with E-state index in [4.69, 9.17) is 4.74 Å². The van der Waals surface area contributed by atoms with Crippen LogP contribution in [0.3, 0.4) is 0 Å². The van der Waals surface area contributed by atoms with Gasteiger partial charge in [0.2, 0.25) is 0 Å². The maximum Gasteiger partial charge on any atom is 0.410 e. The molecule has 0 spiro atoms. The van der Waals surface area contributed by atoms with Gasteiger partial charge in [-0.2, -0.15) is 0 Å². The summed E-state index contributed by atoms with van der Waals surface area (Å²) in [5, 5.41) is 9.81. The third kappa shape index (κ3) is 3.98. The van der Waals surface area contributed by atoms with Crippen molar-refractivity contribution >= 4 is 12.1 Å². The largest absolute Gasteiger partial charge is 0.507 e. The molecule has 1 atom stereocenters.